The molecule has 1 aromatic heterocycles. The number of hydrogen-bond acceptors (Lipinski definition) is 6. The number of benzene rings is 1. The van der Waals surface area contributed by atoms with Crippen LogP contribution in [-0.2, 0) is 11.3 Å². The summed E-state index contributed by atoms with van der Waals surface area (Å²) in [6.07, 6.45) is 1.73. The largest absolute Gasteiger partial charge is 0.465 e. The van der Waals surface area contributed by atoms with Crippen molar-refractivity contribution in [2.75, 3.05) is 7.11 Å². The molecular weight excluding hydrogens is 340 g/mol. The molecule has 136 valence electrons. The van der Waals surface area contributed by atoms with Gasteiger partial charge in [0.25, 0.3) is 11.6 Å². The molecule has 0 N–H and O–H groups in total. The van der Waals surface area contributed by atoms with Crippen molar-refractivity contribution < 1.29 is 23.7 Å². The molecule has 0 atom stereocenters. The van der Waals surface area contributed by atoms with Crippen LogP contribution in [0.2, 0.25) is 0 Å². The van der Waals surface area contributed by atoms with Crippen molar-refractivity contribution in [3.8, 4) is 0 Å². The Morgan fingerprint density at radius 3 is 2.50 bits per heavy atom. The number of methoxy groups -OCH3 is 1. The first-order valence-corrected chi connectivity index (χ1v) is 8.13. The number of carbonyl (C=O) groups excluding carboxylic acids is 2. The molecule has 0 radical (unpaired) electrons. The first-order chi connectivity index (χ1) is 12.4. The first kappa shape index (κ1) is 17.7. The van der Waals surface area contributed by atoms with Crippen LogP contribution in [0.15, 0.2) is 34.7 Å². The molecule has 1 heterocycles. The highest BCUT2D eigenvalue weighted by molar-refractivity contribution is 5.99. The van der Waals surface area contributed by atoms with Crippen LogP contribution in [-0.4, -0.2) is 34.9 Å². The summed E-state index contributed by atoms with van der Waals surface area (Å²) in [5.41, 5.74) is -0.287. The number of esters is 1. The van der Waals surface area contributed by atoms with E-state index in [1.165, 1.54) is 19.2 Å². The molecule has 1 aliphatic carbocycles. The van der Waals surface area contributed by atoms with Gasteiger partial charge in [-0.3, -0.25) is 14.9 Å². The van der Waals surface area contributed by atoms with E-state index in [2.05, 4.69) is 4.74 Å². The van der Waals surface area contributed by atoms with E-state index >= 15 is 0 Å². The zero-order valence-electron chi connectivity index (χ0n) is 14.4. The average molecular weight is 358 g/mol. The van der Waals surface area contributed by atoms with Crippen LogP contribution < -0.4 is 0 Å². The van der Waals surface area contributed by atoms with Gasteiger partial charge in [-0.2, -0.15) is 0 Å². The van der Waals surface area contributed by atoms with E-state index in [0.717, 1.165) is 24.7 Å². The third-order valence-corrected chi connectivity index (χ3v) is 4.17. The maximum atomic E-state index is 13.0. The van der Waals surface area contributed by atoms with Crippen LogP contribution in [0.25, 0.3) is 0 Å². The van der Waals surface area contributed by atoms with E-state index in [9.17, 15) is 19.7 Å². The molecule has 8 heteroatoms. The number of hydrogen-bond donors (Lipinski definition) is 0. The molecule has 1 fully saturated rings. The minimum Gasteiger partial charge on any atom is -0.465 e. The van der Waals surface area contributed by atoms with Gasteiger partial charge in [-0.25, -0.2) is 4.79 Å². The minimum atomic E-state index is -0.734. The Balaban J connectivity index is 1.94. The molecule has 2 aromatic rings. The number of amides is 1. The van der Waals surface area contributed by atoms with Gasteiger partial charge < -0.3 is 14.1 Å². The summed E-state index contributed by atoms with van der Waals surface area (Å²) in [6.45, 7) is 2.09. The van der Waals surface area contributed by atoms with Gasteiger partial charge in [-0.05, 0) is 38.0 Å². The minimum absolute atomic E-state index is 0.0327. The lowest BCUT2D eigenvalue weighted by molar-refractivity contribution is -0.384. The van der Waals surface area contributed by atoms with Gasteiger partial charge in [-0.1, -0.05) is 0 Å². The number of nitrogens with zero attached hydrogens (tertiary/aromatic N) is 2. The molecule has 0 unspecified atom stereocenters. The maximum absolute atomic E-state index is 13.0. The smallest absolute Gasteiger partial charge is 0.338 e. The molecule has 1 aliphatic rings. The number of ether oxygens (including phenoxy) is 1. The SMILES string of the molecule is COC(=O)c1cc(C(=O)N(Cc2ccc(C)o2)C2CC2)cc([N+](=O)[O-])c1. The fourth-order valence-electron chi connectivity index (χ4n) is 2.73. The van der Waals surface area contributed by atoms with Crippen LogP contribution in [0.4, 0.5) is 5.69 Å². The van der Waals surface area contributed by atoms with Crippen molar-refractivity contribution >= 4 is 17.6 Å². The molecule has 26 heavy (non-hydrogen) atoms. The molecule has 0 bridgehead atoms. The zero-order chi connectivity index (χ0) is 18.8. The van der Waals surface area contributed by atoms with Crippen molar-refractivity contribution in [2.24, 2.45) is 0 Å². The first-order valence-electron chi connectivity index (χ1n) is 8.13. The molecular formula is C18H18N2O6. The van der Waals surface area contributed by atoms with E-state index in [4.69, 9.17) is 4.42 Å². The number of carbonyl (C=O) groups is 2. The number of furan rings is 1. The van der Waals surface area contributed by atoms with Gasteiger partial charge in [0, 0.05) is 23.7 Å². The Kier molecular flexibility index (Phi) is 4.75. The van der Waals surface area contributed by atoms with Gasteiger partial charge in [0.05, 0.1) is 24.1 Å². The van der Waals surface area contributed by atoms with E-state index in [1.807, 2.05) is 13.0 Å². The van der Waals surface area contributed by atoms with Gasteiger partial charge in [-0.15, -0.1) is 0 Å². The average Bonchev–Trinajstić information content (AvgIpc) is 3.39. The standard InChI is InChI=1S/C18H18N2O6/c1-11-3-6-16(26-11)10-19(14-4-5-14)17(21)12-7-13(18(22)25-2)9-15(8-12)20(23)24/h3,6-9,14H,4-5,10H2,1-2H3. The lowest BCUT2D eigenvalue weighted by Gasteiger charge is -2.21. The van der Waals surface area contributed by atoms with Crippen molar-refractivity contribution in [1.29, 1.82) is 0 Å². The Hall–Kier alpha value is -3.16. The van der Waals surface area contributed by atoms with E-state index in [0.29, 0.717) is 5.76 Å². The molecule has 1 amide bonds. The van der Waals surface area contributed by atoms with E-state index in [1.54, 1.807) is 11.0 Å². The third-order valence-electron chi connectivity index (χ3n) is 4.17. The van der Waals surface area contributed by atoms with Gasteiger partial charge in [0.15, 0.2) is 0 Å². The Labute approximate surface area is 149 Å². The Morgan fingerprint density at radius 2 is 1.96 bits per heavy atom. The summed E-state index contributed by atoms with van der Waals surface area (Å²) < 4.78 is 10.2. The Morgan fingerprint density at radius 1 is 1.27 bits per heavy atom. The van der Waals surface area contributed by atoms with E-state index < -0.39 is 10.9 Å². The highest BCUT2D eigenvalue weighted by Gasteiger charge is 2.34. The second-order valence-corrected chi connectivity index (χ2v) is 6.19. The van der Waals surface area contributed by atoms with Gasteiger partial charge >= 0.3 is 5.97 Å². The van der Waals surface area contributed by atoms with E-state index in [-0.39, 0.29) is 35.3 Å². The second-order valence-electron chi connectivity index (χ2n) is 6.19. The topological polar surface area (TPSA) is 103 Å². The summed E-state index contributed by atoms with van der Waals surface area (Å²) in [7, 11) is 1.18. The number of nitro benzene ring substituents is 1. The summed E-state index contributed by atoms with van der Waals surface area (Å²) >= 11 is 0. The molecule has 8 nitrogen and oxygen atoms in total. The molecule has 0 spiro atoms. The highest BCUT2D eigenvalue weighted by atomic mass is 16.6. The maximum Gasteiger partial charge on any atom is 0.338 e. The molecule has 3 rings (SSSR count). The Bertz CT molecular complexity index is 868. The second kappa shape index (κ2) is 6.99. The normalized spacial score (nSPS) is 13.3. The molecule has 1 saturated carbocycles. The van der Waals surface area contributed by atoms with Gasteiger partial charge in [0.1, 0.15) is 11.5 Å². The summed E-state index contributed by atoms with van der Waals surface area (Å²) in [5, 5.41) is 11.2. The number of nitro groups is 1. The van der Waals surface area contributed by atoms with Crippen molar-refractivity contribution in [2.45, 2.75) is 32.4 Å². The van der Waals surface area contributed by atoms with Crippen molar-refractivity contribution in [3.05, 3.63) is 63.1 Å². The van der Waals surface area contributed by atoms with Crippen LogP contribution >= 0.6 is 0 Å². The number of non-ortho nitro benzene ring substituents is 1. The predicted octanol–water partition coefficient (Wildman–Crippen LogP) is 3.09. The number of aryl methyl sites for hydroxylation is 1. The van der Waals surface area contributed by atoms with Crippen LogP contribution in [0.3, 0.4) is 0 Å². The lowest BCUT2D eigenvalue weighted by Crippen LogP contribution is -2.32. The fourth-order valence-corrected chi connectivity index (χ4v) is 2.73. The molecule has 0 aliphatic heterocycles. The summed E-state index contributed by atoms with van der Waals surface area (Å²) in [5.74, 6) is 0.269. The van der Waals surface area contributed by atoms with Crippen molar-refractivity contribution in [1.82, 2.24) is 4.90 Å². The molecule has 0 saturated heterocycles. The van der Waals surface area contributed by atoms with Crippen LogP contribution in [0, 0.1) is 17.0 Å². The number of rotatable bonds is 6. The highest BCUT2D eigenvalue weighted by Crippen LogP contribution is 2.31. The predicted molar refractivity (Wildman–Crippen MR) is 90.8 cm³/mol. The van der Waals surface area contributed by atoms with Gasteiger partial charge in [0.2, 0.25) is 0 Å². The van der Waals surface area contributed by atoms with Crippen LogP contribution in [0.5, 0.6) is 0 Å². The van der Waals surface area contributed by atoms with Crippen molar-refractivity contribution in [3.63, 3.8) is 0 Å². The lowest BCUT2D eigenvalue weighted by atomic mass is 10.1. The fraction of sp³-hybridized carbons (Fsp3) is 0.333. The quantitative estimate of drug-likeness (QED) is 0.447. The summed E-state index contributed by atoms with van der Waals surface area (Å²) in [6, 6.07) is 7.27. The third kappa shape index (κ3) is 3.74. The van der Waals surface area contributed by atoms with Crippen LogP contribution in [0.1, 0.15) is 45.1 Å². The molecule has 1 aromatic carbocycles. The zero-order valence-corrected chi connectivity index (χ0v) is 14.4. The monoisotopic (exact) mass is 358 g/mol. The summed E-state index contributed by atoms with van der Waals surface area (Å²) in [4.78, 5) is 36.9.